The van der Waals surface area contributed by atoms with Gasteiger partial charge >= 0.3 is 5.97 Å². The number of carboxylic acids is 1. The molecule has 0 atom stereocenters. The van der Waals surface area contributed by atoms with Gasteiger partial charge in [0.2, 0.25) is 0 Å². The number of rotatable bonds is 11. The summed E-state index contributed by atoms with van der Waals surface area (Å²) in [6.45, 7) is 20.2. The minimum atomic E-state index is -1.05. The molecule has 0 saturated heterocycles. The molecule has 0 unspecified atom stereocenters. The van der Waals surface area contributed by atoms with Gasteiger partial charge in [-0.3, -0.25) is 14.9 Å². The lowest BCUT2D eigenvalue weighted by Crippen LogP contribution is -2.39. The van der Waals surface area contributed by atoms with Crippen LogP contribution in [0.25, 0.3) is 11.3 Å². The summed E-state index contributed by atoms with van der Waals surface area (Å²) < 4.78 is 8.35. The van der Waals surface area contributed by atoms with E-state index in [0.717, 1.165) is 29.1 Å². The third-order valence-electron chi connectivity index (χ3n) is 8.17. The van der Waals surface area contributed by atoms with Crippen LogP contribution in [0.1, 0.15) is 115 Å². The highest BCUT2D eigenvalue weighted by atomic mass is 16.5. The first kappa shape index (κ1) is 32.9. The lowest BCUT2D eigenvalue weighted by Gasteiger charge is -2.25. The van der Waals surface area contributed by atoms with E-state index in [1.807, 2.05) is 13.0 Å². The summed E-state index contributed by atoms with van der Waals surface area (Å²) in [5, 5.41) is 15.8. The molecule has 2 aromatic rings. The van der Waals surface area contributed by atoms with Crippen molar-refractivity contribution < 1.29 is 19.4 Å². The second kappa shape index (κ2) is 13.1. The molecule has 1 aromatic carbocycles. The predicted molar refractivity (Wildman–Crippen MR) is 166 cm³/mol. The van der Waals surface area contributed by atoms with Crippen molar-refractivity contribution in [2.24, 2.45) is 11.3 Å². The molecule has 1 saturated carbocycles. The van der Waals surface area contributed by atoms with Crippen LogP contribution in [0.4, 0.5) is 0 Å². The highest BCUT2D eigenvalue weighted by Gasteiger charge is 2.29. The first-order valence-electron chi connectivity index (χ1n) is 15.2. The summed E-state index contributed by atoms with van der Waals surface area (Å²) in [4.78, 5) is 25.0. The average Bonchev–Trinajstić information content (AvgIpc) is 3.20. The third kappa shape index (κ3) is 9.17. The topological polar surface area (TPSA) is 92.6 Å². The van der Waals surface area contributed by atoms with Crippen molar-refractivity contribution in [1.29, 1.82) is 0 Å². The van der Waals surface area contributed by atoms with Gasteiger partial charge < -0.3 is 19.7 Å². The van der Waals surface area contributed by atoms with Crippen LogP contribution in [0, 0.1) is 18.3 Å². The van der Waals surface area contributed by atoms with Crippen molar-refractivity contribution in [1.82, 2.24) is 15.2 Å². The number of nitrogens with one attached hydrogen (secondary N) is 2. The maximum Gasteiger partial charge on any atom is 0.310 e. The zero-order valence-electron chi connectivity index (χ0n) is 26.9. The van der Waals surface area contributed by atoms with Crippen LogP contribution in [0.3, 0.4) is 0 Å². The number of ether oxygens (including phenoxy) is 1. The Hall–Kier alpha value is -2.64. The first-order chi connectivity index (χ1) is 19.0. The average molecular weight is 568 g/mol. The molecule has 41 heavy (non-hydrogen) atoms. The van der Waals surface area contributed by atoms with Crippen LogP contribution in [0.5, 0.6) is 0 Å². The maximum absolute atomic E-state index is 13.4. The molecule has 0 aliphatic heterocycles. The van der Waals surface area contributed by atoms with Gasteiger partial charge in [0, 0.05) is 30.0 Å². The van der Waals surface area contributed by atoms with Gasteiger partial charge in [-0.1, -0.05) is 46.1 Å². The van der Waals surface area contributed by atoms with Crippen LogP contribution in [-0.2, 0) is 28.1 Å². The van der Waals surface area contributed by atoms with Crippen molar-refractivity contribution in [3.8, 4) is 11.3 Å². The van der Waals surface area contributed by atoms with Gasteiger partial charge in [-0.15, -0.1) is 0 Å². The van der Waals surface area contributed by atoms with E-state index < -0.39 is 11.4 Å². The number of carboxylic acid groups (broad SMARTS) is 1. The molecule has 3 N–H and O–H groups in total. The van der Waals surface area contributed by atoms with Gasteiger partial charge in [-0.2, -0.15) is 0 Å². The molecule has 1 heterocycles. The van der Waals surface area contributed by atoms with Gasteiger partial charge in [-0.25, -0.2) is 0 Å². The van der Waals surface area contributed by atoms with Gasteiger partial charge in [-0.05, 0) is 101 Å². The Morgan fingerprint density at radius 2 is 1.63 bits per heavy atom. The summed E-state index contributed by atoms with van der Waals surface area (Å²) in [5.41, 5.74) is 4.80. The molecule has 0 bridgehead atoms. The van der Waals surface area contributed by atoms with Gasteiger partial charge in [0.25, 0.3) is 5.91 Å². The molecule has 1 aliphatic rings. The van der Waals surface area contributed by atoms with E-state index in [1.165, 1.54) is 37.7 Å². The fourth-order valence-corrected chi connectivity index (χ4v) is 5.24. The van der Waals surface area contributed by atoms with E-state index in [1.54, 1.807) is 13.8 Å². The molecule has 7 nitrogen and oxygen atoms in total. The predicted octanol–water partition coefficient (Wildman–Crippen LogP) is 7.04. The summed E-state index contributed by atoms with van der Waals surface area (Å²) in [7, 11) is 0. The summed E-state index contributed by atoms with van der Waals surface area (Å²) in [6.07, 6.45) is 6.20. The van der Waals surface area contributed by atoms with Crippen molar-refractivity contribution in [2.45, 2.75) is 119 Å². The number of hydrogen-bond donors (Lipinski definition) is 3. The highest BCUT2D eigenvalue weighted by Crippen LogP contribution is 2.34. The number of carbonyl (C=O) groups is 2. The number of hydrogen-bond acceptors (Lipinski definition) is 4. The maximum atomic E-state index is 13.4. The zero-order chi connectivity index (χ0) is 30.6. The molecule has 1 aliphatic carbocycles. The van der Waals surface area contributed by atoms with Gasteiger partial charge in [0.05, 0.1) is 24.3 Å². The van der Waals surface area contributed by atoms with Crippen LogP contribution in [-0.4, -0.2) is 40.4 Å². The van der Waals surface area contributed by atoms with Crippen molar-refractivity contribution in [2.75, 3.05) is 13.3 Å². The van der Waals surface area contributed by atoms with Gasteiger partial charge in [0.15, 0.2) is 0 Å². The second-order valence-corrected chi connectivity index (χ2v) is 14.6. The minimum Gasteiger partial charge on any atom is -0.481 e. The first-order valence-corrected chi connectivity index (χ1v) is 15.2. The van der Waals surface area contributed by atoms with E-state index in [2.05, 4.69) is 74.9 Å². The molecular weight excluding hydrogens is 514 g/mol. The largest absolute Gasteiger partial charge is 0.481 e. The van der Waals surface area contributed by atoms with Crippen LogP contribution < -0.4 is 10.6 Å². The van der Waals surface area contributed by atoms with E-state index in [0.29, 0.717) is 24.8 Å². The Morgan fingerprint density at radius 3 is 2.22 bits per heavy atom. The fraction of sp³-hybridized carbons (Fsp3) is 0.647. The van der Waals surface area contributed by atoms with Crippen LogP contribution >= 0.6 is 0 Å². The van der Waals surface area contributed by atoms with Crippen LogP contribution in [0.15, 0.2) is 24.3 Å². The Balaban J connectivity index is 2.02. The molecule has 1 amide bonds. The fourth-order valence-electron chi connectivity index (χ4n) is 5.24. The Bertz CT molecular complexity index is 1210. The molecule has 1 aromatic heterocycles. The van der Waals surface area contributed by atoms with Crippen molar-refractivity contribution in [3.63, 3.8) is 0 Å². The molecule has 0 radical (unpaired) electrons. The molecule has 228 valence electrons. The number of carbonyl (C=O) groups excluding carboxylic acids is 1. The van der Waals surface area contributed by atoms with Crippen molar-refractivity contribution >= 4 is 11.9 Å². The number of aliphatic carboxylic acids is 1. The van der Waals surface area contributed by atoms with E-state index in [4.69, 9.17) is 4.74 Å². The van der Waals surface area contributed by atoms with Crippen molar-refractivity contribution in [3.05, 3.63) is 46.6 Å². The number of nitrogens with zero attached hydrogens (tertiary/aromatic N) is 1. The van der Waals surface area contributed by atoms with Gasteiger partial charge in [0.1, 0.15) is 0 Å². The summed E-state index contributed by atoms with van der Waals surface area (Å²) in [6, 6.07) is 8.66. The highest BCUT2D eigenvalue weighted by molar-refractivity contribution is 5.97. The monoisotopic (exact) mass is 567 g/mol. The van der Waals surface area contributed by atoms with Crippen LogP contribution in [0.2, 0.25) is 0 Å². The normalized spacial score (nSPS) is 15.2. The molecule has 3 rings (SSSR count). The smallest absolute Gasteiger partial charge is 0.310 e. The number of benzene rings is 1. The summed E-state index contributed by atoms with van der Waals surface area (Å²) in [5.74, 6) is -0.590. The lowest BCUT2D eigenvalue weighted by atomic mass is 9.84. The molecule has 7 heteroatoms. The summed E-state index contributed by atoms with van der Waals surface area (Å²) >= 11 is 0. The zero-order valence-corrected chi connectivity index (χ0v) is 26.9. The van der Waals surface area contributed by atoms with E-state index >= 15 is 0 Å². The number of amides is 1. The Morgan fingerprint density at radius 1 is 0.976 bits per heavy atom. The Labute approximate surface area is 247 Å². The number of aromatic nitrogens is 1. The lowest BCUT2D eigenvalue weighted by molar-refractivity contribution is -0.146. The molecule has 1 fully saturated rings. The molecule has 0 spiro atoms. The second-order valence-electron chi connectivity index (χ2n) is 14.6. The third-order valence-corrected chi connectivity index (χ3v) is 8.17. The standard InChI is InChI=1S/C34H53N3O4/c1-23-28(30(38)35-21-34(8,9)31(39)40)18-29(37(23)19-24-13-11-10-12-14-24)26-15-25(16-27(17-26)32(2,3)4)20-41-22-36-33(5,6)7/h15-18,24,36H,10-14,19-22H2,1-9H3,(H,35,38)(H,39,40). The Kier molecular flexibility index (Phi) is 10.5. The van der Waals surface area contributed by atoms with E-state index in [-0.39, 0.29) is 23.4 Å². The SMILES string of the molecule is Cc1c(C(=O)NCC(C)(C)C(=O)O)cc(-c2cc(COCNC(C)(C)C)cc(C(C)(C)C)c2)n1CC1CCCCC1. The minimum absolute atomic E-state index is 0.0213. The quantitative estimate of drug-likeness (QED) is 0.200. The van der Waals surface area contributed by atoms with E-state index in [9.17, 15) is 14.7 Å². The molecular formula is C34H53N3O4.